The lowest BCUT2D eigenvalue weighted by molar-refractivity contribution is 0.103. The van der Waals surface area contributed by atoms with Gasteiger partial charge in [-0.2, -0.15) is 12.8 Å². The molecule has 150 valence electrons. The van der Waals surface area contributed by atoms with Gasteiger partial charge in [-0.3, -0.25) is 4.79 Å². The maximum absolute atomic E-state index is 13.0. The average Bonchev–Trinajstić information content (AvgIpc) is 2.78. The standard InChI is InChI=1S/C23H18N2O4S/c1-29-22-14-8-7-13-19(22)24-21-15-20(17-11-5-6-12-18(17)23(21)26)25-30(27,28)16-9-3-2-4-10-16/h2-15,24H,1H3/b25-20+. The number of Topliss-reactive ketones (excluding diaryl/α,β-unsaturated/α-hetero) is 1. The summed E-state index contributed by atoms with van der Waals surface area (Å²) in [5, 5.41) is 3.06. The minimum atomic E-state index is -3.95. The highest BCUT2D eigenvalue weighted by Gasteiger charge is 2.26. The maximum atomic E-state index is 13.0. The largest absolute Gasteiger partial charge is 0.495 e. The lowest BCUT2D eigenvalue weighted by Crippen LogP contribution is -2.22. The van der Waals surface area contributed by atoms with Crippen molar-refractivity contribution >= 4 is 27.2 Å². The van der Waals surface area contributed by atoms with Crippen molar-refractivity contribution in [3.63, 3.8) is 0 Å². The van der Waals surface area contributed by atoms with E-state index < -0.39 is 10.0 Å². The minimum absolute atomic E-state index is 0.0829. The van der Waals surface area contributed by atoms with Crippen LogP contribution in [0.2, 0.25) is 0 Å². The number of benzene rings is 3. The number of carbonyl (C=O) groups excluding carboxylic acids is 1. The van der Waals surface area contributed by atoms with Crippen LogP contribution >= 0.6 is 0 Å². The molecule has 0 aliphatic heterocycles. The van der Waals surface area contributed by atoms with Crippen LogP contribution in [0.15, 0.2) is 99.9 Å². The fourth-order valence-electron chi connectivity index (χ4n) is 3.17. The van der Waals surface area contributed by atoms with Gasteiger partial charge in [-0.15, -0.1) is 0 Å². The fourth-order valence-corrected chi connectivity index (χ4v) is 4.18. The monoisotopic (exact) mass is 418 g/mol. The summed E-state index contributed by atoms with van der Waals surface area (Å²) in [6.45, 7) is 0. The number of ether oxygens (including phenoxy) is 1. The molecule has 0 heterocycles. The van der Waals surface area contributed by atoms with Crippen molar-refractivity contribution in [2.75, 3.05) is 12.4 Å². The second-order valence-corrected chi connectivity index (χ2v) is 8.13. The van der Waals surface area contributed by atoms with Gasteiger partial charge in [0.1, 0.15) is 5.75 Å². The van der Waals surface area contributed by atoms with Crippen LogP contribution in [-0.4, -0.2) is 27.0 Å². The van der Waals surface area contributed by atoms with Gasteiger partial charge in [-0.1, -0.05) is 54.6 Å². The highest BCUT2D eigenvalue weighted by atomic mass is 32.2. The van der Waals surface area contributed by atoms with Crippen LogP contribution in [0, 0.1) is 0 Å². The number of rotatable bonds is 5. The van der Waals surface area contributed by atoms with Gasteiger partial charge in [0.05, 0.1) is 29.1 Å². The SMILES string of the molecule is COc1ccccc1NC1=C/C(=N\S(=O)(=O)c2ccccc2)c2ccccc2C1=O. The number of ketones is 1. The summed E-state index contributed by atoms with van der Waals surface area (Å²) in [4.78, 5) is 13.1. The number of nitrogens with one attached hydrogen (secondary N) is 1. The molecule has 0 radical (unpaired) electrons. The Kier molecular flexibility index (Phi) is 5.20. The zero-order valence-corrected chi connectivity index (χ0v) is 16.9. The molecule has 1 aliphatic carbocycles. The first-order valence-electron chi connectivity index (χ1n) is 9.15. The van der Waals surface area contributed by atoms with E-state index >= 15 is 0 Å². The van der Waals surface area contributed by atoms with Gasteiger partial charge in [0.15, 0.2) is 0 Å². The number of methoxy groups -OCH3 is 1. The average molecular weight is 418 g/mol. The molecule has 3 aromatic carbocycles. The number of sulfonamides is 1. The summed E-state index contributed by atoms with van der Waals surface area (Å²) >= 11 is 0. The Balaban J connectivity index is 1.83. The van der Waals surface area contributed by atoms with Crippen LogP contribution in [0.25, 0.3) is 0 Å². The van der Waals surface area contributed by atoms with E-state index in [9.17, 15) is 13.2 Å². The molecule has 1 aliphatic rings. The summed E-state index contributed by atoms with van der Waals surface area (Å²) in [5.41, 5.74) is 1.82. The molecule has 4 rings (SSSR count). The van der Waals surface area contributed by atoms with Crippen molar-refractivity contribution in [3.8, 4) is 5.75 Å². The van der Waals surface area contributed by atoms with Crippen molar-refractivity contribution in [1.82, 2.24) is 0 Å². The van der Waals surface area contributed by atoms with Crippen molar-refractivity contribution in [2.24, 2.45) is 4.40 Å². The highest BCUT2D eigenvalue weighted by Crippen LogP contribution is 2.29. The van der Waals surface area contributed by atoms with E-state index in [1.54, 1.807) is 54.6 Å². The van der Waals surface area contributed by atoms with E-state index in [0.29, 0.717) is 22.6 Å². The number of anilines is 1. The number of nitrogens with zero attached hydrogens (tertiary/aromatic N) is 1. The number of allylic oxidation sites excluding steroid dienone is 2. The van der Waals surface area contributed by atoms with Gasteiger partial charge in [0.25, 0.3) is 10.0 Å². The third-order valence-corrected chi connectivity index (χ3v) is 5.91. The predicted octanol–water partition coefficient (Wildman–Crippen LogP) is 4.07. The van der Waals surface area contributed by atoms with Crippen LogP contribution in [0.3, 0.4) is 0 Å². The zero-order valence-electron chi connectivity index (χ0n) is 16.1. The first-order chi connectivity index (χ1) is 14.5. The number of para-hydroxylation sites is 2. The Morgan fingerprint density at radius 3 is 2.20 bits per heavy atom. The third-order valence-electron chi connectivity index (χ3n) is 4.61. The molecule has 1 N–H and O–H groups in total. The molecule has 0 fully saturated rings. The van der Waals surface area contributed by atoms with Gasteiger partial charge < -0.3 is 10.1 Å². The van der Waals surface area contributed by atoms with Crippen molar-refractivity contribution in [2.45, 2.75) is 4.90 Å². The highest BCUT2D eigenvalue weighted by molar-refractivity contribution is 7.90. The van der Waals surface area contributed by atoms with Crippen LogP contribution in [0.5, 0.6) is 5.75 Å². The Morgan fingerprint density at radius 2 is 1.47 bits per heavy atom. The Morgan fingerprint density at radius 1 is 0.833 bits per heavy atom. The molecule has 0 saturated carbocycles. The Hall–Kier alpha value is -3.71. The van der Waals surface area contributed by atoms with Crippen molar-refractivity contribution < 1.29 is 17.9 Å². The van der Waals surface area contributed by atoms with E-state index in [0.717, 1.165) is 0 Å². The minimum Gasteiger partial charge on any atom is -0.495 e. The molecule has 30 heavy (non-hydrogen) atoms. The number of carbonyl (C=O) groups is 1. The third kappa shape index (κ3) is 3.75. The molecular weight excluding hydrogens is 400 g/mol. The molecule has 0 aromatic heterocycles. The Labute approximate surface area is 174 Å². The van der Waals surface area contributed by atoms with Crippen molar-refractivity contribution in [3.05, 3.63) is 102 Å². The van der Waals surface area contributed by atoms with Crippen LogP contribution in [0.4, 0.5) is 5.69 Å². The van der Waals surface area contributed by atoms with E-state index in [1.165, 1.54) is 25.3 Å². The van der Waals surface area contributed by atoms with E-state index in [1.807, 2.05) is 12.1 Å². The quantitative estimate of drug-likeness (QED) is 0.675. The zero-order chi connectivity index (χ0) is 21.1. The molecule has 0 amide bonds. The van der Waals surface area contributed by atoms with Gasteiger partial charge in [-0.25, -0.2) is 0 Å². The lowest BCUT2D eigenvalue weighted by atomic mass is 9.92. The van der Waals surface area contributed by atoms with Crippen LogP contribution in [0.1, 0.15) is 15.9 Å². The first kappa shape index (κ1) is 19.6. The van der Waals surface area contributed by atoms with Gasteiger partial charge in [-0.05, 0) is 30.3 Å². The number of fused-ring (bicyclic) bond motifs is 1. The summed E-state index contributed by atoms with van der Waals surface area (Å²) in [6.07, 6.45) is 1.46. The van der Waals surface area contributed by atoms with Crippen LogP contribution in [-0.2, 0) is 10.0 Å². The van der Waals surface area contributed by atoms with Crippen molar-refractivity contribution in [1.29, 1.82) is 0 Å². The molecule has 7 heteroatoms. The molecule has 0 bridgehead atoms. The second-order valence-electron chi connectivity index (χ2n) is 6.52. The van der Waals surface area contributed by atoms with E-state index in [4.69, 9.17) is 4.74 Å². The van der Waals surface area contributed by atoms with Gasteiger partial charge in [0, 0.05) is 11.1 Å². The molecule has 3 aromatic rings. The second kappa shape index (κ2) is 7.96. The molecule has 0 saturated heterocycles. The molecule has 0 atom stereocenters. The van der Waals surface area contributed by atoms with E-state index in [2.05, 4.69) is 9.71 Å². The fraction of sp³-hybridized carbons (Fsp3) is 0.0435. The molecule has 6 nitrogen and oxygen atoms in total. The number of hydrogen-bond donors (Lipinski definition) is 1. The van der Waals surface area contributed by atoms with E-state index in [-0.39, 0.29) is 22.1 Å². The summed E-state index contributed by atoms with van der Waals surface area (Å²) < 4.78 is 35.0. The Bertz CT molecular complexity index is 1280. The molecule has 0 spiro atoms. The lowest BCUT2D eigenvalue weighted by Gasteiger charge is -2.19. The van der Waals surface area contributed by atoms with Gasteiger partial charge in [0.2, 0.25) is 5.78 Å². The predicted molar refractivity (Wildman–Crippen MR) is 116 cm³/mol. The molecular formula is C23H18N2O4S. The summed E-state index contributed by atoms with van der Waals surface area (Å²) in [5.74, 6) is 0.299. The first-order valence-corrected chi connectivity index (χ1v) is 10.6. The molecule has 0 unspecified atom stereocenters. The smallest absolute Gasteiger partial charge is 0.282 e. The summed E-state index contributed by atoms with van der Waals surface area (Å²) in [6, 6.07) is 21.9. The van der Waals surface area contributed by atoms with Crippen LogP contribution < -0.4 is 10.1 Å². The topological polar surface area (TPSA) is 84.8 Å². The van der Waals surface area contributed by atoms with Gasteiger partial charge >= 0.3 is 0 Å². The normalized spacial score (nSPS) is 14.8. The summed E-state index contributed by atoms with van der Waals surface area (Å²) in [7, 11) is -2.42. The maximum Gasteiger partial charge on any atom is 0.282 e. The number of hydrogen-bond acceptors (Lipinski definition) is 5.